The molecule has 128 valence electrons. The second-order valence-electron chi connectivity index (χ2n) is 7.23. The highest BCUT2D eigenvalue weighted by atomic mass is 79.9. The molecule has 0 spiro atoms. The first kappa shape index (κ1) is 16.8. The van der Waals surface area contributed by atoms with Gasteiger partial charge < -0.3 is 14.4 Å². The maximum absolute atomic E-state index is 12.7. The molecule has 3 rings (SSSR count). The van der Waals surface area contributed by atoms with E-state index < -0.39 is 5.60 Å². The molecule has 1 fully saturated rings. The number of carbonyl (C=O) groups is 1. The standard InChI is InChI=1S/C16H24BrN3O3/c1-16(2,3)23-15(21)20-7-4-11-12(14(17)19-18-11)13(20)10-5-8-22-9-6-10/h10,13H,4-9H2,1-3H3,(H,18,19). The summed E-state index contributed by atoms with van der Waals surface area (Å²) in [6.07, 6.45) is 2.42. The molecule has 0 aliphatic carbocycles. The highest BCUT2D eigenvalue weighted by Crippen LogP contribution is 2.42. The number of aromatic amines is 1. The Balaban J connectivity index is 1.91. The number of carbonyl (C=O) groups excluding carboxylic acids is 1. The van der Waals surface area contributed by atoms with Crippen LogP contribution in [-0.4, -0.2) is 46.6 Å². The summed E-state index contributed by atoms with van der Waals surface area (Å²) in [6, 6.07) is -0.00868. The van der Waals surface area contributed by atoms with E-state index in [0.29, 0.717) is 12.5 Å². The van der Waals surface area contributed by atoms with Gasteiger partial charge in [0.15, 0.2) is 0 Å². The minimum absolute atomic E-state index is 0.00868. The molecule has 1 saturated heterocycles. The van der Waals surface area contributed by atoms with E-state index in [2.05, 4.69) is 26.1 Å². The number of halogens is 1. The first-order chi connectivity index (χ1) is 10.9. The van der Waals surface area contributed by atoms with Crippen molar-refractivity contribution in [1.29, 1.82) is 0 Å². The average molecular weight is 386 g/mol. The molecule has 1 unspecified atom stereocenters. The molecule has 0 aromatic carbocycles. The van der Waals surface area contributed by atoms with Gasteiger partial charge in [-0.05, 0) is 55.5 Å². The normalized spacial score (nSPS) is 22.8. The van der Waals surface area contributed by atoms with E-state index in [4.69, 9.17) is 9.47 Å². The van der Waals surface area contributed by atoms with Gasteiger partial charge in [0, 0.05) is 37.4 Å². The van der Waals surface area contributed by atoms with Gasteiger partial charge in [-0.25, -0.2) is 4.79 Å². The van der Waals surface area contributed by atoms with Gasteiger partial charge in [0.05, 0.1) is 6.04 Å². The number of hydrogen-bond acceptors (Lipinski definition) is 4. The number of amides is 1. The molecular weight excluding hydrogens is 362 g/mol. The molecule has 0 radical (unpaired) electrons. The van der Waals surface area contributed by atoms with Crippen molar-refractivity contribution in [2.45, 2.75) is 51.7 Å². The van der Waals surface area contributed by atoms with E-state index in [9.17, 15) is 4.79 Å². The van der Waals surface area contributed by atoms with Crippen molar-refractivity contribution in [3.63, 3.8) is 0 Å². The lowest BCUT2D eigenvalue weighted by Crippen LogP contribution is -2.46. The minimum Gasteiger partial charge on any atom is -0.444 e. The zero-order valence-corrected chi connectivity index (χ0v) is 15.5. The smallest absolute Gasteiger partial charge is 0.410 e. The van der Waals surface area contributed by atoms with Gasteiger partial charge in [-0.3, -0.25) is 5.10 Å². The van der Waals surface area contributed by atoms with Gasteiger partial charge in [0.1, 0.15) is 10.2 Å². The highest BCUT2D eigenvalue weighted by Gasteiger charge is 2.41. The molecule has 3 heterocycles. The molecule has 7 heteroatoms. The molecule has 0 saturated carbocycles. The summed E-state index contributed by atoms with van der Waals surface area (Å²) in [4.78, 5) is 14.6. The van der Waals surface area contributed by atoms with Crippen LogP contribution in [0, 0.1) is 5.92 Å². The van der Waals surface area contributed by atoms with Gasteiger partial charge in [-0.1, -0.05) is 0 Å². The number of aromatic nitrogens is 2. The minimum atomic E-state index is -0.495. The van der Waals surface area contributed by atoms with E-state index in [1.54, 1.807) is 0 Å². The molecule has 1 aromatic heterocycles. The number of rotatable bonds is 1. The van der Waals surface area contributed by atoms with Gasteiger partial charge in [0.2, 0.25) is 0 Å². The summed E-state index contributed by atoms with van der Waals surface area (Å²) in [7, 11) is 0. The maximum atomic E-state index is 12.7. The lowest BCUT2D eigenvalue weighted by Gasteiger charge is -2.41. The Morgan fingerprint density at radius 1 is 1.39 bits per heavy atom. The SMILES string of the molecule is CC(C)(C)OC(=O)N1CCc2[nH]nc(Br)c2C1C1CCOCC1. The number of ether oxygens (including phenoxy) is 2. The van der Waals surface area contributed by atoms with Crippen LogP contribution in [0.4, 0.5) is 4.79 Å². The first-order valence-electron chi connectivity index (χ1n) is 8.17. The Kier molecular flexibility index (Phi) is 4.69. The molecule has 2 aliphatic heterocycles. The van der Waals surface area contributed by atoms with Crippen molar-refractivity contribution in [2.24, 2.45) is 5.92 Å². The summed E-state index contributed by atoms with van der Waals surface area (Å²) in [5.74, 6) is 0.365. The third-order valence-corrected chi connectivity index (χ3v) is 5.02. The van der Waals surface area contributed by atoms with E-state index in [1.165, 1.54) is 0 Å². The third-order valence-electron chi connectivity index (χ3n) is 4.41. The summed E-state index contributed by atoms with van der Waals surface area (Å²) in [6.45, 7) is 7.84. The Bertz CT molecular complexity index is 576. The van der Waals surface area contributed by atoms with Gasteiger partial charge >= 0.3 is 6.09 Å². The Morgan fingerprint density at radius 2 is 2.09 bits per heavy atom. The second-order valence-corrected chi connectivity index (χ2v) is 7.98. The van der Waals surface area contributed by atoms with Crippen molar-refractivity contribution >= 4 is 22.0 Å². The fourth-order valence-electron chi connectivity index (χ4n) is 3.43. The molecule has 2 aliphatic rings. The summed E-state index contributed by atoms with van der Waals surface area (Å²) in [5.41, 5.74) is 1.73. The van der Waals surface area contributed by atoms with Gasteiger partial charge in [-0.15, -0.1) is 0 Å². The van der Waals surface area contributed by atoms with Crippen molar-refractivity contribution < 1.29 is 14.3 Å². The molecule has 1 amide bonds. The maximum Gasteiger partial charge on any atom is 0.410 e. The van der Waals surface area contributed by atoms with Gasteiger partial charge in [-0.2, -0.15) is 5.10 Å². The molecule has 1 N–H and O–H groups in total. The summed E-state index contributed by atoms with van der Waals surface area (Å²) in [5, 5.41) is 7.39. The van der Waals surface area contributed by atoms with Crippen LogP contribution < -0.4 is 0 Å². The van der Waals surface area contributed by atoms with Crippen LogP contribution >= 0.6 is 15.9 Å². The molecule has 23 heavy (non-hydrogen) atoms. The first-order valence-corrected chi connectivity index (χ1v) is 8.96. The zero-order valence-electron chi connectivity index (χ0n) is 13.9. The fraction of sp³-hybridized carbons (Fsp3) is 0.750. The third kappa shape index (κ3) is 3.55. The molecule has 1 atom stereocenters. The van der Waals surface area contributed by atoms with E-state index in [-0.39, 0.29) is 12.1 Å². The monoisotopic (exact) mass is 385 g/mol. The average Bonchev–Trinajstić information content (AvgIpc) is 2.87. The number of fused-ring (bicyclic) bond motifs is 1. The van der Waals surface area contributed by atoms with Crippen molar-refractivity contribution in [3.8, 4) is 0 Å². The number of H-pyrrole nitrogens is 1. The zero-order chi connectivity index (χ0) is 16.6. The fourth-order valence-corrected chi connectivity index (χ4v) is 3.99. The quantitative estimate of drug-likeness (QED) is 0.803. The van der Waals surface area contributed by atoms with Crippen molar-refractivity contribution in [1.82, 2.24) is 15.1 Å². The lowest BCUT2D eigenvalue weighted by molar-refractivity contribution is -0.0107. The van der Waals surface area contributed by atoms with Crippen LogP contribution in [-0.2, 0) is 15.9 Å². The number of nitrogens with one attached hydrogen (secondary N) is 1. The Labute approximate surface area is 145 Å². The van der Waals surface area contributed by atoms with Crippen LogP contribution in [0.1, 0.15) is 50.9 Å². The van der Waals surface area contributed by atoms with Crippen LogP contribution in [0.2, 0.25) is 0 Å². The van der Waals surface area contributed by atoms with Gasteiger partial charge in [0.25, 0.3) is 0 Å². The highest BCUT2D eigenvalue weighted by molar-refractivity contribution is 9.10. The largest absolute Gasteiger partial charge is 0.444 e. The van der Waals surface area contributed by atoms with Crippen molar-refractivity contribution in [2.75, 3.05) is 19.8 Å². The lowest BCUT2D eigenvalue weighted by atomic mass is 9.84. The van der Waals surface area contributed by atoms with E-state index >= 15 is 0 Å². The topological polar surface area (TPSA) is 67.5 Å². The molecule has 6 nitrogen and oxygen atoms in total. The Hall–Kier alpha value is -1.08. The Morgan fingerprint density at radius 3 is 2.74 bits per heavy atom. The van der Waals surface area contributed by atoms with Crippen LogP contribution in [0.3, 0.4) is 0 Å². The van der Waals surface area contributed by atoms with E-state index in [1.807, 2.05) is 25.7 Å². The second kappa shape index (κ2) is 6.43. The van der Waals surface area contributed by atoms with Crippen molar-refractivity contribution in [3.05, 3.63) is 15.9 Å². The van der Waals surface area contributed by atoms with E-state index in [0.717, 1.165) is 48.3 Å². The van der Waals surface area contributed by atoms with Crippen LogP contribution in [0.25, 0.3) is 0 Å². The summed E-state index contributed by atoms with van der Waals surface area (Å²) < 4.78 is 11.9. The molecular formula is C16H24BrN3O3. The van der Waals surface area contributed by atoms with Crippen LogP contribution in [0.5, 0.6) is 0 Å². The summed E-state index contributed by atoms with van der Waals surface area (Å²) >= 11 is 3.54. The molecule has 1 aromatic rings. The van der Waals surface area contributed by atoms with Crippen LogP contribution in [0.15, 0.2) is 4.60 Å². The predicted molar refractivity (Wildman–Crippen MR) is 89.2 cm³/mol. The molecule has 0 bridgehead atoms. The number of hydrogen-bond donors (Lipinski definition) is 1. The number of nitrogens with zero attached hydrogens (tertiary/aromatic N) is 2. The predicted octanol–water partition coefficient (Wildman–Crippen LogP) is 3.43.